The molecule has 9 atom stereocenters. The molecule has 0 radical (unpaired) electrons. The molecule has 58 heavy (non-hydrogen) atoms. The average molecular weight is 829 g/mol. The van der Waals surface area contributed by atoms with Crippen LogP contribution in [0.2, 0.25) is 18.1 Å². The van der Waals surface area contributed by atoms with Crippen LogP contribution in [0, 0.1) is 11.8 Å². The van der Waals surface area contributed by atoms with Gasteiger partial charge in [0.05, 0.1) is 57.5 Å². The maximum atomic E-state index is 14.2. The molecule has 2 aromatic carbocycles. The molecule has 0 aliphatic carbocycles. The zero-order chi connectivity index (χ0) is 42.5. The molecule has 2 aliphatic heterocycles. The van der Waals surface area contributed by atoms with Crippen molar-refractivity contribution in [2.75, 3.05) is 20.8 Å². The largest absolute Gasteiger partial charge is 0.497 e. The highest BCUT2D eigenvalue weighted by molar-refractivity contribution is 6.73. The number of ether oxygens (including phenoxy) is 7. The van der Waals surface area contributed by atoms with Crippen molar-refractivity contribution >= 4 is 20.1 Å². The lowest BCUT2D eigenvalue weighted by Gasteiger charge is -2.55. The molecule has 2 fully saturated rings. The van der Waals surface area contributed by atoms with Gasteiger partial charge in [-0.1, -0.05) is 65.8 Å². The summed E-state index contributed by atoms with van der Waals surface area (Å²) in [5, 5.41) is 11.6. The van der Waals surface area contributed by atoms with E-state index in [9.17, 15) is 14.7 Å². The lowest BCUT2D eigenvalue weighted by Crippen LogP contribution is -2.61. The zero-order valence-electron chi connectivity index (χ0n) is 36.9. The van der Waals surface area contributed by atoms with Crippen LogP contribution in [-0.2, 0) is 50.9 Å². The Morgan fingerprint density at radius 1 is 0.862 bits per heavy atom. The van der Waals surface area contributed by atoms with Crippen molar-refractivity contribution in [1.29, 1.82) is 0 Å². The first-order valence-electron chi connectivity index (χ1n) is 21.5. The molecule has 0 bridgehead atoms. The van der Waals surface area contributed by atoms with Crippen molar-refractivity contribution in [3.63, 3.8) is 0 Å². The quantitative estimate of drug-likeness (QED) is 0.0655. The van der Waals surface area contributed by atoms with Crippen LogP contribution in [0.5, 0.6) is 11.5 Å². The number of carbonyl (C=O) groups excluding carboxylic acids is 2. The van der Waals surface area contributed by atoms with Gasteiger partial charge < -0.3 is 42.7 Å². The summed E-state index contributed by atoms with van der Waals surface area (Å²) >= 11 is 0. The highest BCUT2D eigenvalue weighted by atomic mass is 28.4. The predicted molar refractivity (Wildman–Crippen MR) is 226 cm³/mol. The van der Waals surface area contributed by atoms with Crippen LogP contribution in [-0.4, -0.2) is 87.9 Å². The minimum atomic E-state index is -2.13. The molecule has 0 aromatic heterocycles. The van der Waals surface area contributed by atoms with Crippen molar-refractivity contribution in [2.24, 2.45) is 11.8 Å². The van der Waals surface area contributed by atoms with Gasteiger partial charge in [-0.2, -0.15) is 0 Å². The molecule has 11 nitrogen and oxygen atoms in total. The van der Waals surface area contributed by atoms with E-state index >= 15 is 0 Å². The Labute approximate surface area is 348 Å². The predicted octanol–water partition coefficient (Wildman–Crippen LogP) is 8.96. The Bertz CT molecular complexity index is 1540. The Morgan fingerprint density at radius 2 is 1.43 bits per heavy atom. The second-order valence-corrected chi connectivity index (χ2v) is 21.5. The van der Waals surface area contributed by atoms with Gasteiger partial charge in [0, 0.05) is 57.5 Å². The summed E-state index contributed by atoms with van der Waals surface area (Å²) in [6.45, 7) is 17.2. The van der Waals surface area contributed by atoms with Gasteiger partial charge in [-0.15, -0.1) is 0 Å². The molecule has 12 heteroatoms. The van der Waals surface area contributed by atoms with Crippen molar-refractivity contribution in [3.05, 3.63) is 59.7 Å². The molecular formula is C46H72O11Si. The van der Waals surface area contributed by atoms with E-state index < -0.39 is 43.9 Å². The average Bonchev–Trinajstić information content (AvgIpc) is 3.20. The summed E-state index contributed by atoms with van der Waals surface area (Å²) in [6.07, 6.45) is 0.671. The van der Waals surface area contributed by atoms with Crippen LogP contribution in [0.15, 0.2) is 48.5 Å². The van der Waals surface area contributed by atoms with Crippen molar-refractivity contribution in [2.45, 2.75) is 174 Å². The third kappa shape index (κ3) is 13.3. The molecule has 0 amide bonds. The van der Waals surface area contributed by atoms with Gasteiger partial charge in [-0.3, -0.25) is 9.59 Å². The van der Waals surface area contributed by atoms with E-state index in [1.165, 1.54) is 6.92 Å². The number of benzene rings is 2. The number of hydrogen-bond acceptors (Lipinski definition) is 11. The fraction of sp³-hybridized carbons (Fsp3) is 0.696. The summed E-state index contributed by atoms with van der Waals surface area (Å²) in [5.41, 5.74) is 1.39. The first-order chi connectivity index (χ1) is 27.6. The number of aliphatic hydroxyl groups excluding tert-OH is 1. The summed E-state index contributed by atoms with van der Waals surface area (Å²) in [6, 6.07) is 18.4. The highest BCUT2D eigenvalue weighted by Gasteiger charge is 2.55. The standard InChI is InChI=1S/C46H72O11Si/c1-11-43(53-30-36-17-21-38(51-10)22-18-36)33(6)44(49)32(5)42(48)26-41-27-45(8,57-58(12-2,13-3)14-4)31-46(56-41)28-40(54-34(7)47)25-39(55-46)23-24-52-29-35-15-19-37(50-9)20-16-35/h15-22,32-33,39-41,43-44,49H,11-14,23-31H2,1-10H3/t32-,33+,39-,40-,41-,43+,44+,45-,46+/m0/s1. The number of hydrogen-bond donors (Lipinski definition) is 1. The number of Topliss-reactive ketones (excluding diaryl/α,β-unsaturated/α-hetero) is 1. The van der Waals surface area contributed by atoms with E-state index in [-0.39, 0.29) is 36.3 Å². The first-order valence-corrected chi connectivity index (χ1v) is 24.1. The fourth-order valence-electron chi connectivity index (χ4n) is 8.97. The van der Waals surface area contributed by atoms with Crippen LogP contribution in [0.4, 0.5) is 0 Å². The Morgan fingerprint density at radius 3 is 1.97 bits per heavy atom. The van der Waals surface area contributed by atoms with E-state index in [2.05, 4.69) is 27.7 Å². The van der Waals surface area contributed by atoms with Crippen LogP contribution in [0.25, 0.3) is 0 Å². The fourth-order valence-corrected chi connectivity index (χ4v) is 12.1. The molecule has 2 aromatic rings. The van der Waals surface area contributed by atoms with E-state index in [1.54, 1.807) is 21.1 Å². The minimum absolute atomic E-state index is 0.0884. The van der Waals surface area contributed by atoms with Gasteiger partial charge in [-0.05, 0) is 73.3 Å². The molecule has 1 spiro atoms. The lowest BCUT2D eigenvalue weighted by atomic mass is 9.79. The highest BCUT2D eigenvalue weighted by Crippen LogP contribution is 2.48. The van der Waals surface area contributed by atoms with E-state index in [4.69, 9.17) is 37.6 Å². The molecule has 0 unspecified atom stereocenters. The third-order valence-electron chi connectivity index (χ3n) is 12.5. The number of aliphatic hydroxyl groups is 1. The Hall–Kier alpha value is -2.84. The molecule has 2 aliphatic rings. The monoisotopic (exact) mass is 828 g/mol. The van der Waals surface area contributed by atoms with E-state index in [0.29, 0.717) is 58.3 Å². The van der Waals surface area contributed by atoms with Gasteiger partial charge >= 0.3 is 5.97 Å². The Kier molecular flexibility index (Phi) is 18.2. The SMILES string of the molecule is CC[C@@H](OCc1ccc(OC)cc1)[C@@H](C)[C@H](O)[C@@H](C)C(=O)C[C@H]1C[C@](C)(O[Si](CC)(CC)CC)C[C@@]2(C[C@@H](OC(C)=O)C[C@H](CCOCc3ccc(OC)cc3)O2)O1. The van der Waals surface area contributed by atoms with Crippen LogP contribution in [0.1, 0.15) is 111 Å². The topological polar surface area (TPSA) is 128 Å². The molecule has 4 rings (SSSR count). The number of methoxy groups -OCH3 is 2. The van der Waals surface area contributed by atoms with Gasteiger partial charge in [0.15, 0.2) is 14.1 Å². The maximum Gasteiger partial charge on any atom is 0.302 e. The van der Waals surface area contributed by atoms with Crippen molar-refractivity contribution in [3.8, 4) is 11.5 Å². The van der Waals surface area contributed by atoms with Crippen LogP contribution < -0.4 is 9.47 Å². The molecule has 1 N–H and O–H groups in total. The van der Waals surface area contributed by atoms with Gasteiger partial charge in [-0.25, -0.2) is 0 Å². The first kappa shape index (κ1) is 47.8. The third-order valence-corrected chi connectivity index (χ3v) is 17.3. The van der Waals surface area contributed by atoms with Gasteiger partial charge in [0.25, 0.3) is 0 Å². The second kappa shape index (κ2) is 22.1. The van der Waals surface area contributed by atoms with E-state index in [0.717, 1.165) is 40.8 Å². The number of rotatable bonds is 23. The maximum absolute atomic E-state index is 14.2. The summed E-state index contributed by atoms with van der Waals surface area (Å²) in [4.78, 5) is 26.5. The van der Waals surface area contributed by atoms with E-state index in [1.807, 2.05) is 62.4 Å². The summed E-state index contributed by atoms with van der Waals surface area (Å²) in [7, 11) is 1.15. The smallest absolute Gasteiger partial charge is 0.302 e. The molecule has 2 saturated heterocycles. The lowest BCUT2D eigenvalue weighted by molar-refractivity contribution is -0.348. The summed E-state index contributed by atoms with van der Waals surface area (Å²) < 4.78 is 50.0. The van der Waals surface area contributed by atoms with Gasteiger partial charge in [0.1, 0.15) is 23.4 Å². The molecule has 326 valence electrons. The minimum Gasteiger partial charge on any atom is -0.497 e. The molecule has 2 heterocycles. The molecule has 0 saturated carbocycles. The zero-order valence-corrected chi connectivity index (χ0v) is 37.9. The summed E-state index contributed by atoms with van der Waals surface area (Å²) in [5.74, 6) is -0.980. The van der Waals surface area contributed by atoms with Gasteiger partial charge in [0.2, 0.25) is 0 Å². The van der Waals surface area contributed by atoms with Crippen LogP contribution in [0.3, 0.4) is 0 Å². The normalized spacial score (nSPS) is 25.7. The number of esters is 1. The number of ketones is 1. The second-order valence-electron chi connectivity index (χ2n) is 16.8. The van der Waals surface area contributed by atoms with Crippen molar-refractivity contribution < 1.29 is 52.3 Å². The van der Waals surface area contributed by atoms with Crippen molar-refractivity contribution in [1.82, 2.24) is 0 Å². The molecular weight excluding hydrogens is 757 g/mol. The number of carbonyl (C=O) groups is 2. The van der Waals surface area contributed by atoms with Crippen LogP contribution >= 0.6 is 0 Å². The Balaban J connectivity index is 1.51.